The van der Waals surface area contributed by atoms with E-state index >= 15 is 0 Å². The van der Waals surface area contributed by atoms with Gasteiger partial charge in [0.1, 0.15) is 0 Å². The Bertz CT molecular complexity index is 552. The van der Waals surface area contributed by atoms with Gasteiger partial charge in [-0.3, -0.25) is 0 Å². The third kappa shape index (κ3) is 5.01. The van der Waals surface area contributed by atoms with Gasteiger partial charge in [-0.2, -0.15) is 0 Å². The van der Waals surface area contributed by atoms with Crippen LogP contribution < -0.4 is 15.5 Å². The first-order valence-electron chi connectivity index (χ1n) is 9.14. The molecule has 1 heterocycles. The largest absolute Gasteiger partial charge is 0.374 e. The molecule has 3 rings (SSSR count). The van der Waals surface area contributed by atoms with E-state index in [9.17, 15) is 0 Å². The molecule has 0 amide bonds. The van der Waals surface area contributed by atoms with Gasteiger partial charge in [-0.05, 0) is 49.8 Å². The van der Waals surface area contributed by atoms with Crippen LogP contribution in [-0.2, 0) is 13.0 Å². The van der Waals surface area contributed by atoms with E-state index in [0.29, 0.717) is 6.04 Å². The quantitative estimate of drug-likeness (QED) is 0.425. The van der Waals surface area contributed by atoms with Gasteiger partial charge < -0.3 is 15.5 Å². The molecule has 0 radical (unpaired) electrons. The highest BCUT2D eigenvalue weighted by atomic mass is 127. The molecule has 24 heavy (non-hydrogen) atoms. The molecule has 0 atom stereocenters. The van der Waals surface area contributed by atoms with Gasteiger partial charge in [-0.15, -0.1) is 24.0 Å². The first-order chi connectivity index (χ1) is 11.3. The number of aliphatic imine (C=N–C) groups is 1. The van der Waals surface area contributed by atoms with E-state index in [1.165, 1.54) is 61.9 Å². The minimum atomic E-state index is 0. The smallest absolute Gasteiger partial charge is 0.191 e. The van der Waals surface area contributed by atoms with Crippen molar-refractivity contribution in [2.45, 2.75) is 58.0 Å². The van der Waals surface area contributed by atoms with Crippen LogP contribution in [0.25, 0.3) is 0 Å². The molecule has 0 bridgehead atoms. The fourth-order valence-electron chi connectivity index (χ4n) is 3.69. The predicted octanol–water partition coefficient (Wildman–Crippen LogP) is 3.68. The summed E-state index contributed by atoms with van der Waals surface area (Å²) in [5, 5.41) is 6.97. The number of guanidine groups is 1. The van der Waals surface area contributed by atoms with Gasteiger partial charge in [0.05, 0.1) is 6.54 Å². The Morgan fingerprint density at radius 1 is 1.25 bits per heavy atom. The lowest BCUT2D eigenvalue weighted by molar-refractivity contribution is 0.614. The zero-order valence-corrected chi connectivity index (χ0v) is 17.3. The number of fused-ring (bicyclic) bond motifs is 1. The fraction of sp³-hybridized carbons (Fsp3) is 0.632. The first kappa shape index (κ1) is 19.3. The molecule has 1 aliphatic heterocycles. The van der Waals surface area contributed by atoms with Crippen LogP contribution in [0.15, 0.2) is 23.2 Å². The minimum Gasteiger partial charge on any atom is -0.374 e. The highest BCUT2D eigenvalue weighted by molar-refractivity contribution is 14.0. The number of benzene rings is 1. The first-order valence-corrected chi connectivity index (χ1v) is 9.14. The molecule has 2 N–H and O–H groups in total. The highest BCUT2D eigenvalue weighted by Gasteiger charge is 2.16. The second-order valence-electron chi connectivity index (χ2n) is 6.81. The Hall–Kier alpha value is -0.980. The van der Waals surface area contributed by atoms with Crippen molar-refractivity contribution in [3.05, 3.63) is 29.3 Å². The lowest BCUT2D eigenvalue weighted by atomic mass is 10.00. The van der Waals surface area contributed by atoms with Crippen molar-refractivity contribution < 1.29 is 0 Å². The van der Waals surface area contributed by atoms with Crippen LogP contribution in [-0.4, -0.2) is 32.1 Å². The summed E-state index contributed by atoms with van der Waals surface area (Å²) in [6.07, 6.45) is 7.68. The summed E-state index contributed by atoms with van der Waals surface area (Å²) in [4.78, 5) is 7.15. The number of hydrogen-bond donors (Lipinski definition) is 2. The Morgan fingerprint density at radius 2 is 2.04 bits per heavy atom. The van der Waals surface area contributed by atoms with Crippen molar-refractivity contribution in [1.29, 1.82) is 0 Å². The van der Waals surface area contributed by atoms with E-state index in [2.05, 4.69) is 47.7 Å². The molecular formula is C19H31IN4. The molecule has 1 aromatic rings. The van der Waals surface area contributed by atoms with Gasteiger partial charge in [-0.1, -0.05) is 25.0 Å². The van der Waals surface area contributed by atoms with Crippen molar-refractivity contribution in [3.8, 4) is 0 Å². The van der Waals surface area contributed by atoms with E-state index in [1.807, 2.05) is 0 Å². The van der Waals surface area contributed by atoms with Gasteiger partial charge in [0.2, 0.25) is 0 Å². The second kappa shape index (κ2) is 9.49. The number of aryl methyl sites for hydroxylation is 1. The van der Waals surface area contributed by atoms with E-state index < -0.39 is 0 Å². The number of hydrogen-bond acceptors (Lipinski definition) is 2. The van der Waals surface area contributed by atoms with Crippen molar-refractivity contribution in [1.82, 2.24) is 10.6 Å². The SMILES string of the molecule is CCNC(=NCc1ccc2c(c1)CCCN2C)NC1CCCC1.I. The van der Waals surface area contributed by atoms with Gasteiger partial charge in [0, 0.05) is 31.9 Å². The highest BCUT2D eigenvalue weighted by Crippen LogP contribution is 2.27. The second-order valence-corrected chi connectivity index (χ2v) is 6.81. The Balaban J connectivity index is 0.00000208. The van der Waals surface area contributed by atoms with E-state index in [4.69, 9.17) is 4.99 Å². The fourth-order valence-corrected chi connectivity index (χ4v) is 3.69. The maximum atomic E-state index is 4.80. The van der Waals surface area contributed by atoms with Crippen LogP contribution in [0.5, 0.6) is 0 Å². The van der Waals surface area contributed by atoms with Crippen molar-refractivity contribution >= 4 is 35.6 Å². The number of nitrogens with zero attached hydrogens (tertiary/aromatic N) is 2. The third-order valence-corrected chi connectivity index (χ3v) is 4.95. The summed E-state index contributed by atoms with van der Waals surface area (Å²) in [5.41, 5.74) is 4.17. The lowest BCUT2D eigenvalue weighted by Gasteiger charge is -2.27. The van der Waals surface area contributed by atoms with Gasteiger partial charge in [0.25, 0.3) is 0 Å². The van der Waals surface area contributed by atoms with E-state index in [1.54, 1.807) is 0 Å². The lowest BCUT2D eigenvalue weighted by Crippen LogP contribution is -2.42. The van der Waals surface area contributed by atoms with Crippen molar-refractivity contribution in [2.75, 3.05) is 25.0 Å². The zero-order chi connectivity index (χ0) is 16.1. The average Bonchev–Trinajstić information content (AvgIpc) is 3.06. The van der Waals surface area contributed by atoms with Crippen molar-refractivity contribution in [3.63, 3.8) is 0 Å². The van der Waals surface area contributed by atoms with Crippen LogP contribution in [0.1, 0.15) is 50.2 Å². The molecule has 1 fully saturated rings. The van der Waals surface area contributed by atoms with E-state index in [0.717, 1.165) is 19.0 Å². The molecule has 1 aliphatic carbocycles. The normalized spacial score (nSPS) is 18.1. The summed E-state index contributed by atoms with van der Waals surface area (Å²) < 4.78 is 0. The topological polar surface area (TPSA) is 39.7 Å². The molecular weight excluding hydrogens is 411 g/mol. The molecule has 2 aliphatic rings. The Labute approximate surface area is 163 Å². The third-order valence-electron chi connectivity index (χ3n) is 4.95. The monoisotopic (exact) mass is 442 g/mol. The number of nitrogens with one attached hydrogen (secondary N) is 2. The van der Waals surface area contributed by atoms with Gasteiger partial charge in [-0.25, -0.2) is 4.99 Å². The van der Waals surface area contributed by atoms with Crippen LogP contribution >= 0.6 is 24.0 Å². The molecule has 5 heteroatoms. The minimum absolute atomic E-state index is 0. The Morgan fingerprint density at radius 3 is 2.79 bits per heavy atom. The number of halogens is 1. The molecule has 0 aromatic heterocycles. The summed E-state index contributed by atoms with van der Waals surface area (Å²) in [6.45, 7) is 4.95. The summed E-state index contributed by atoms with van der Waals surface area (Å²) >= 11 is 0. The van der Waals surface area contributed by atoms with Crippen LogP contribution in [0, 0.1) is 0 Å². The maximum absolute atomic E-state index is 4.80. The molecule has 1 aromatic carbocycles. The molecule has 0 saturated heterocycles. The standard InChI is InChI=1S/C19H30N4.HI/c1-3-20-19(22-17-8-4-5-9-17)21-14-15-10-11-18-16(13-15)7-6-12-23(18)2;/h10-11,13,17H,3-9,12,14H2,1-2H3,(H2,20,21,22);1H. The van der Waals surface area contributed by atoms with Crippen LogP contribution in [0.3, 0.4) is 0 Å². The van der Waals surface area contributed by atoms with Crippen LogP contribution in [0.4, 0.5) is 5.69 Å². The predicted molar refractivity (Wildman–Crippen MR) is 114 cm³/mol. The summed E-state index contributed by atoms with van der Waals surface area (Å²) in [6, 6.07) is 7.43. The average molecular weight is 442 g/mol. The zero-order valence-electron chi connectivity index (χ0n) is 15.0. The van der Waals surface area contributed by atoms with Gasteiger partial charge >= 0.3 is 0 Å². The summed E-state index contributed by atoms with van der Waals surface area (Å²) in [7, 11) is 2.19. The molecule has 1 saturated carbocycles. The Kier molecular flexibility index (Phi) is 7.65. The molecule has 4 nitrogen and oxygen atoms in total. The molecule has 134 valence electrons. The summed E-state index contributed by atoms with van der Waals surface area (Å²) in [5.74, 6) is 0.967. The number of rotatable bonds is 4. The molecule has 0 unspecified atom stereocenters. The van der Waals surface area contributed by atoms with E-state index in [-0.39, 0.29) is 24.0 Å². The maximum Gasteiger partial charge on any atom is 0.191 e. The molecule has 0 spiro atoms. The van der Waals surface area contributed by atoms with Gasteiger partial charge in [0.15, 0.2) is 5.96 Å². The van der Waals surface area contributed by atoms with Crippen molar-refractivity contribution in [2.24, 2.45) is 4.99 Å². The van der Waals surface area contributed by atoms with Crippen LogP contribution in [0.2, 0.25) is 0 Å². The number of anilines is 1.